The quantitative estimate of drug-likeness (QED) is 0.896. The molecule has 1 aromatic heterocycles. The fourth-order valence-corrected chi connectivity index (χ4v) is 1.73. The van der Waals surface area contributed by atoms with Crippen LogP contribution in [0.4, 0.5) is 10.1 Å². The van der Waals surface area contributed by atoms with Crippen LogP contribution in [0, 0.1) is 5.82 Å². The Morgan fingerprint density at radius 2 is 2.00 bits per heavy atom. The van der Waals surface area contributed by atoms with E-state index in [-0.39, 0.29) is 16.8 Å². The normalized spacial score (nSPS) is 10.2. The Morgan fingerprint density at radius 3 is 2.62 bits per heavy atom. The third-order valence-corrected chi connectivity index (χ3v) is 2.84. The molecule has 1 heterocycles. The highest BCUT2D eigenvalue weighted by atomic mass is 19.1. The first-order valence-electron chi connectivity index (χ1n) is 5.90. The number of amides is 1. The van der Waals surface area contributed by atoms with Crippen LogP contribution in [-0.4, -0.2) is 21.6 Å². The van der Waals surface area contributed by atoms with E-state index in [4.69, 9.17) is 5.11 Å². The molecule has 0 atom stereocenters. The zero-order chi connectivity index (χ0) is 15.6. The summed E-state index contributed by atoms with van der Waals surface area (Å²) in [7, 11) is 1.53. The highest BCUT2D eigenvalue weighted by Crippen LogP contribution is 2.19. The molecule has 2 N–H and O–H groups in total. The lowest BCUT2D eigenvalue weighted by molar-refractivity contribution is 0.0693. The van der Waals surface area contributed by atoms with Crippen molar-refractivity contribution in [3.05, 3.63) is 63.8 Å². The Bertz CT molecular complexity index is 783. The molecule has 0 aliphatic rings. The molecule has 1 aromatic carbocycles. The fourth-order valence-electron chi connectivity index (χ4n) is 1.73. The number of hydrogen-bond acceptors (Lipinski definition) is 3. The van der Waals surface area contributed by atoms with Crippen molar-refractivity contribution in [2.24, 2.45) is 7.05 Å². The number of aryl methyl sites for hydroxylation is 1. The van der Waals surface area contributed by atoms with E-state index < -0.39 is 23.3 Å². The van der Waals surface area contributed by atoms with E-state index in [2.05, 4.69) is 5.32 Å². The second kappa shape index (κ2) is 5.58. The number of aromatic nitrogens is 1. The first-order chi connectivity index (χ1) is 9.90. The van der Waals surface area contributed by atoms with E-state index in [0.717, 1.165) is 12.1 Å². The molecule has 7 heteroatoms. The Labute approximate surface area is 118 Å². The van der Waals surface area contributed by atoms with Crippen molar-refractivity contribution in [1.29, 1.82) is 0 Å². The number of carbonyl (C=O) groups excluding carboxylic acids is 1. The highest BCUT2D eigenvalue weighted by molar-refractivity contribution is 6.07. The zero-order valence-corrected chi connectivity index (χ0v) is 11.0. The lowest BCUT2D eigenvalue weighted by Crippen LogP contribution is -2.21. The van der Waals surface area contributed by atoms with Gasteiger partial charge in [0.05, 0.1) is 5.69 Å². The SMILES string of the molecule is Cn1ccc(C(=O)Nc2cccc(F)c2C(=O)O)cc1=O. The van der Waals surface area contributed by atoms with Crippen LogP contribution in [0.2, 0.25) is 0 Å². The van der Waals surface area contributed by atoms with Crippen LogP contribution in [0.15, 0.2) is 41.3 Å². The number of anilines is 1. The van der Waals surface area contributed by atoms with Crippen molar-refractivity contribution in [3.63, 3.8) is 0 Å². The topological polar surface area (TPSA) is 88.4 Å². The predicted octanol–water partition coefficient (Wildman–Crippen LogP) is 1.47. The van der Waals surface area contributed by atoms with Crippen LogP contribution in [0.1, 0.15) is 20.7 Å². The first-order valence-corrected chi connectivity index (χ1v) is 5.90. The lowest BCUT2D eigenvalue weighted by atomic mass is 10.1. The summed E-state index contributed by atoms with van der Waals surface area (Å²) in [5.41, 5.74) is -1.14. The summed E-state index contributed by atoms with van der Waals surface area (Å²) in [5, 5.41) is 11.3. The number of rotatable bonds is 3. The summed E-state index contributed by atoms with van der Waals surface area (Å²) in [6, 6.07) is 6.04. The predicted molar refractivity (Wildman–Crippen MR) is 73.0 cm³/mol. The number of carbonyl (C=O) groups is 2. The van der Waals surface area contributed by atoms with E-state index in [0.29, 0.717) is 0 Å². The van der Waals surface area contributed by atoms with E-state index in [9.17, 15) is 18.8 Å². The van der Waals surface area contributed by atoms with E-state index in [1.54, 1.807) is 0 Å². The average molecular weight is 290 g/mol. The zero-order valence-electron chi connectivity index (χ0n) is 11.0. The molecule has 0 fully saturated rings. The number of nitrogens with zero attached hydrogens (tertiary/aromatic N) is 1. The number of halogens is 1. The van der Waals surface area contributed by atoms with Crippen molar-refractivity contribution in [1.82, 2.24) is 4.57 Å². The van der Waals surface area contributed by atoms with Crippen LogP contribution in [-0.2, 0) is 7.05 Å². The maximum Gasteiger partial charge on any atom is 0.340 e. The monoisotopic (exact) mass is 290 g/mol. The van der Waals surface area contributed by atoms with Gasteiger partial charge in [0.25, 0.3) is 11.5 Å². The van der Waals surface area contributed by atoms with E-state index in [1.165, 1.54) is 36.0 Å². The Morgan fingerprint density at radius 1 is 1.29 bits per heavy atom. The first kappa shape index (κ1) is 14.4. The number of carboxylic acid groups (broad SMARTS) is 1. The summed E-state index contributed by atoms with van der Waals surface area (Å²) >= 11 is 0. The van der Waals surface area contributed by atoms with E-state index in [1.807, 2.05) is 0 Å². The van der Waals surface area contributed by atoms with E-state index >= 15 is 0 Å². The van der Waals surface area contributed by atoms with Gasteiger partial charge in [-0.3, -0.25) is 9.59 Å². The molecule has 0 radical (unpaired) electrons. The van der Waals surface area contributed by atoms with Gasteiger partial charge in [-0.05, 0) is 18.2 Å². The van der Waals surface area contributed by atoms with Gasteiger partial charge in [-0.25, -0.2) is 9.18 Å². The molecule has 0 bridgehead atoms. The number of aromatic carboxylic acids is 1. The number of benzene rings is 1. The molecule has 1 amide bonds. The van der Waals surface area contributed by atoms with Gasteiger partial charge >= 0.3 is 5.97 Å². The molecule has 2 rings (SSSR count). The molecular weight excluding hydrogens is 279 g/mol. The average Bonchev–Trinajstić information content (AvgIpc) is 2.41. The summed E-state index contributed by atoms with van der Waals surface area (Å²) in [6.45, 7) is 0. The molecule has 108 valence electrons. The van der Waals surface area contributed by atoms with Gasteiger partial charge in [0.2, 0.25) is 0 Å². The van der Waals surface area contributed by atoms with Crippen LogP contribution in [0.3, 0.4) is 0 Å². The summed E-state index contributed by atoms with van der Waals surface area (Å²) in [5.74, 6) is -3.14. The van der Waals surface area contributed by atoms with Gasteiger partial charge in [0.1, 0.15) is 11.4 Å². The largest absolute Gasteiger partial charge is 0.478 e. The minimum atomic E-state index is -1.49. The van der Waals surface area contributed by atoms with Crippen molar-refractivity contribution in [2.45, 2.75) is 0 Å². The summed E-state index contributed by atoms with van der Waals surface area (Å²) in [4.78, 5) is 34.5. The molecule has 21 heavy (non-hydrogen) atoms. The molecule has 0 unspecified atom stereocenters. The number of pyridine rings is 1. The molecule has 0 aliphatic carbocycles. The summed E-state index contributed by atoms with van der Waals surface area (Å²) < 4.78 is 14.8. The minimum absolute atomic E-state index is 0.0544. The maximum atomic E-state index is 13.5. The molecule has 6 nitrogen and oxygen atoms in total. The minimum Gasteiger partial charge on any atom is -0.478 e. The standard InChI is InChI=1S/C14H11FN2O4/c1-17-6-5-8(7-11(17)18)13(19)16-10-4-2-3-9(15)12(10)14(20)21/h2-7H,1H3,(H,16,19)(H,20,21). The van der Waals surface area contributed by atoms with Gasteiger partial charge in [0, 0.05) is 24.9 Å². The molecule has 0 saturated carbocycles. The second-order valence-corrected chi connectivity index (χ2v) is 4.29. The van der Waals surface area contributed by atoms with Gasteiger partial charge in [0.15, 0.2) is 0 Å². The molecule has 0 saturated heterocycles. The van der Waals surface area contributed by atoms with Crippen LogP contribution >= 0.6 is 0 Å². The number of hydrogen-bond donors (Lipinski definition) is 2. The summed E-state index contributed by atoms with van der Waals surface area (Å²) in [6.07, 6.45) is 1.40. The van der Waals surface area contributed by atoms with Gasteiger partial charge < -0.3 is 15.0 Å². The Hall–Kier alpha value is -2.96. The van der Waals surface area contributed by atoms with Crippen molar-refractivity contribution < 1.29 is 19.1 Å². The van der Waals surface area contributed by atoms with Crippen molar-refractivity contribution in [3.8, 4) is 0 Å². The van der Waals surface area contributed by atoms with Gasteiger partial charge in [-0.2, -0.15) is 0 Å². The second-order valence-electron chi connectivity index (χ2n) is 4.29. The van der Waals surface area contributed by atoms with Gasteiger partial charge in [-0.1, -0.05) is 6.07 Å². The maximum absolute atomic E-state index is 13.5. The third kappa shape index (κ3) is 2.97. The molecule has 0 aliphatic heterocycles. The fraction of sp³-hybridized carbons (Fsp3) is 0.0714. The third-order valence-electron chi connectivity index (χ3n) is 2.84. The highest BCUT2D eigenvalue weighted by Gasteiger charge is 2.18. The van der Waals surface area contributed by atoms with Crippen LogP contribution in [0.25, 0.3) is 0 Å². The number of nitrogens with one attached hydrogen (secondary N) is 1. The molecule has 2 aromatic rings. The smallest absolute Gasteiger partial charge is 0.340 e. The van der Waals surface area contributed by atoms with Crippen molar-refractivity contribution in [2.75, 3.05) is 5.32 Å². The van der Waals surface area contributed by atoms with Crippen LogP contribution in [0.5, 0.6) is 0 Å². The lowest BCUT2D eigenvalue weighted by Gasteiger charge is -2.09. The Kier molecular flexibility index (Phi) is 3.84. The molecule has 0 spiro atoms. The Balaban J connectivity index is 2.36. The van der Waals surface area contributed by atoms with Gasteiger partial charge in [-0.15, -0.1) is 0 Å². The molecular formula is C14H11FN2O4. The van der Waals surface area contributed by atoms with Crippen LogP contribution < -0.4 is 10.9 Å². The number of carboxylic acids is 1. The van der Waals surface area contributed by atoms with Crippen molar-refractivity contribution >= 4 is 17.6 Å².